The van der Waals surface area contributed by atoms with Gasteiger partial charge >= 0.3 is 0 Å². The molecule has 0 aromatic carbocycles. The van der Waals surface area contributed by atoms with Crippen LogP contribution in [0, 0.1) is 11.8 Å². The molecule has 0 nitrogen and oxygen atoms in total. The minimum atomic E-state index is 1.07. The number of unbranched alkanes of at least 4 members (excludes halogenated alkanes) is 9. The lowest BCUT2D eigenvalue weighted by molar-refractivity contribution is 0.533. The van der Waals surface area contributed by atoms with Gasteiger partial charge in [-0.3, -0.25) is 0 Å². The van der Waals surface area contributed by atoms with E-state index in [1.807, 2.05) is 0 Å². The van der Waals surface area contributed by atoms with E-state index < -0.39 is 0 Å². The maximum absolute atomic E-state index is 2.40. The summed E-state index contributed by atoms with van der Waals surface area (Å²) >= 11 is 0. The van der Waals surface area contributed by atoms with Crippen molar-refractivity contribution >= 4 is 0 Å². The Morgan fingerprint density at radius 2 is 1.19 bits per heavy atom. The van der Waals surface area contributed by atoms with Gasteiger partial charge < -0.3 is 0 Å². The summed E-state index contributed by atoms with van der Waals surface area (Å²) in [6.07, 6.45) is 17.8. The van der Waals surface area contributed by atoms with Crippen LogP contribution in [-0.4, -0.2) is 0 Å². The van der Waals surface area contributed by atoms with Crippen molar-refractivity contribution in [3.8, 4) is 0 Å². The van der Waals surface area contributed by atoms with E-state index in [2.05, 4.69) is 13.8 Å². The van der Waals surface area contributed by atoms with Crippen LogP contribution in [0.3, 0.4) is 0 Å². The van der Waals surface area contributed by atoms with Crippen LogP contribution >= 0.6 is 0 Å². The molecular formula is C16H32. The summed E-state index contributed by atoms with van der Waals surface area (Å²) in [6.45, 7) is 4.70. The molecule has 96 valence electrons. The maximum Gasteiger partial charge on any atom is -0.0386 e. The molecule has 0 aromatic rings. The second-order valence-electron chi connectivity index (χ2n) is 5.94. The molecule has 0 amide bonds. The van der Waals surface area contributed by atoms with Gasteiger partial charge in [-0.1, -0.05) is 84.5 Å². The van der Waals surface area contributed by atoms with Gasteiger partial charge in [0.25, 0.3) is 0 Å². The lowest BCUT2D eigenvalue weighted by Gasteiger charge is -2.02. The van der Waals surface area contributed by atoms with Crippen molar-refractivity contribution in [3.05, 3.63) is 0 Å². The molecule has 1 aliphatic rings. The summed E-state index contributed by atoms with van der Waals surface area (Å²) in [7, 11) is 0. The molecule has 2 atom stereocenters. The van der Waals surface area contributed by atoms with Crippen molar-refractivity contribution in [1.82, 2.24) is 0 Å². The molecule has 0 N–H and O–H groups in total. The zero-order valence-corrected chi connectivity index (χ0v) is 11.6. The monoisotopic (exact) mass is 224 g/mol. The fourth-order valence-electron chi connectivity index (χ4n) is 2.70. The van der Waals surface area contributed by atoms with Crippen LogP contribution in [0.1, 0.15) is 90.9 Å². The molecule has 16 heavy (non-hydrogen) atoms. The van der Waals surface area contributed by atoms with Crippen LogP contribution in [0.5, 0.6) is 0 Å². The van der Waals surface area contributed by atoms with Crippen molar-refractivity contribution in [2.45, 2.75) is 90.9 Å². The second-order valence-corrected chi connectivity index (χ2v) is 5.94. The normalized spacial score (nSPS) is 23.6. The molecule has 1 aliphatic carbocycles. The van der Waals surface area contributed by atoms with E-state index in [1.165, 1.54) is 77.0 Å². The highest BCUT2D eigenvalue weighted by atomic mass is 14.4. The third-order valence-electron chi connectivity index (χ3n) is 4.20. The molecule has 1 rings (SSSR count). The lowest BCUT2D eigenvalue weighted by atomic mass is 10.0. The van der Waals surface area contributed by atoms with E-state index in [4.69, 9.17) is 0 Å². The van der Waals surface area contributed by atoms with E-state index in [0.29, 0.717) is 0 Å². The first-order valence-corrected chi connectivity index (χ1v) is 7.84. The minimum absolute atomic E-state index is 1.07. The molecule has 0 aromatic heterocycles. The summed E-state index contributed by atoms with van der Waals surface area (Å²) in [6, 6.07) is 0. The van der Waals surface area contributed by atoms with Gasteiger partial charge in [0.05, 0.1) is 0 Å². The van der Waals surface area contributed by atoms with Crippen molar-refractivity contribution in [1.29, 1.82) is 0 Å². The molecule has 0 saturated heterocycles. The van der Waals surface area contributed by atoms with E-state index in [1.54, 1.807) is 0 Å². The zero-order chi connectivity index (χ0) is 11.6. The van der Waals surface area contributed by atoms with Gasteiger partial charge in [-0.15, -0.1) is 0 Å². The summed E-state index contributed by atoms with van der Waals surface area (Å²) in [4.78, 5) is 0. The van der Waals surface area contributed by atoms with Crippen LogP contribution in [0.4, 0.5) is 0 Å². The van der Waals surface area contributed by atoms with Gasteiger partial charge in [-0.2, -0.15) is 0 Å². The first kappa shape index (κ1) is 14.1. The highest BCUT2D eigenvalue weighted by Gasteiger charge is 2.31. The first-order valence-electron chi connectivity index (χ1n) is 7.84. The van der Waals surface area contributed by atoms with E-state index in [0.717, 1.165) is 11.8 Å². The van der Waals surface area contributed by atoms with E-state index in [-0.39, 0.29) is 0 Å². The van der Waals surface area contributed by atoms with Gasteiger partial charge in [0.2, 0.25) is 0 Å². The number of hydrogen-bond acceptors (Lipinski definition) is 0. The highest BCUT2D eigenvalue weighted by molar-refractivity contribution is 4.81. The molecule has 0 spiro atoms. The molecular weight excluding hydrogens is 192 g/mol. The predicted octanol–water partition coefficient (Wildman–Crippen LogP) is 5.95. The van der Waals surface area contributed by atoms with Crippen molar-refractivity contribution < 1.29 is 0 Å². The zero-order valence-electron chi connectivity index (χ0n) is 11.6. The highest BCUT2D eigenvalue weighted by Crippen LogP contribution is 2.41. The largest absolute Gasteiger partial charge is 0.0654 e. The lowest BCUT2D eigenvalue weighted by Crippen LogP contribution is -1.83. The average Bonchev–Trinajstić information content (AvgIpc) is 2.97. The van der Waals surface area contributed by atoms with Gasteiger partial charge in [-0.05, 0) is 18.3 Å². The Hall–Kier alpha value is 0. The molecule has 2 unspecified atom stereocenters. The SMILES string of the molecule is CCCCCCCCCCCCC1CC1C. The molecule has 0 aliphatic heterocycles. The Balaban J connectivity index is 1.65. The van der Waals surface area contributed by atoms with Crippen molar-refractivity contribution in [2.24, 2.45) is 11.8 Å². The summed E-state index contributed by atoms with van der Waals surface area (Å²) in [5.74, 6) is 2.19. The Morgan fingerprint density at radius 1 is 0.750 bits per heavy atom. The quantitative estimate of drug-likeness (QED) is 0.380. The molecule has 0 heterocycles. The molecule has 1 saturated carbocycles. The molecule has 1 fully saturated rings. The fraction of sp³-hybridized carbons (Fsp3) is 1.00. The van der Waals surface area contributed by atoms with Crippen molar-refractivity contribution in [2.75, 3.05) is 0 Å². The third kappa shape index (κ3) is 7.30. The van der Waals surface area contributed by atoms with Gasteiger partial charge in [0.15, 0.2) is 0 Å². The van der Waals surface area contributed by atoms with Gasteiger partial charge in [0.1, 0.15) is 0 Å². The van der Waals surface area contributed by atoms with Crippen LogP contribution < -0.4 is 0 Å². The first-order chi connectivity index (χ1) is 7.84. The van der Waals surface area contributed by atoms with Crippen molar-refractivity contribution in [3.63, 3.8) is 0 Å². The smallest absolute Gasteiger partial charge is 0.0386 e. The average molecular weight is 224 g/mol. The van der Waals surface area contributed by atoms with Crippen LogP contribution in [-0.2, 0) is 0 Å². The second kappa shape index (κ2) is 9.07. The number of rotatable bonds is 11. The molecule has 0 bridgehead atoms. The number of hydrogen-bond donors (Lipinski definition) is 0. The van der Waals surface area contributed by atoms with Crippen LogP contribution in [0.25, 0.3) is 0 Å². The summed E-state index contributed by atoms with van der Waals surface area (Å²) < 4.78 is 0. The summed E-state index contributed by atoms with van der Waals surface area (Å²) in [5.41, 5.74) is 0. The summed E-state index contributed by atoms with van der Waals surface area (Å²) in [5, 5.41) is 0. The Labute approximate surface area is 103 Å². The molecule has 0 radical (unpaired) electrons. The Kier molecular flexibility index (Phi) is 7.98. The standard InChI is InChI=1S/C16H32/c1-3-4-5-6-7-8-9-10-11-12-13-16-14-15(16)2/h15-16H,3-14H2,1-2H3. The topological polar surface area (TPSA) is 0 Å². The van der Waals surface area contributed by atoms with E-state index in [9.17, 15) is 0 Å². The molecule has 0 heteroatoms. The van der Waals surface area contributed by atoms with Crippen LogP contribution in [0.2, 0.25) is 0 Å². The minimum Gasteiger partial charge on any atom is -0.0654 e. The van der Waals surface area contributed by atoms with Crippen LogP contribution in [0.15, 0.2) is 0 Å². The third-order valence-corrected chi connectivity index (χ3v) is 4.20. The van der Waals surface area contributed by atoms with Gasteiger partial charge in [-0.25, -0.2) is 0 Å². The fourth-order valence-corrected chi connectivity index (χ4v) is 2.70. The Bertz CT molecular complexity index is 150. The van der Waals surface area contributed by atoms with Gasteiger partial charge in [0, 0.05) is 0 Å². The maximum atomic E-state index is 2.40. The van der Waals surface area contributed by atoms with E-state index >= 15 is 0 Å². The Morgan fingerprint density at radius 3 is 1.62 bits per heavy atom. The predicted molar refractivity (Wildman–Crippen MR) is 73.7 cm³/mol.